The van der Waals surface area contributed by atoms with Gasteiger partial charge in [-0.1, -0.05) is 0 Å². The molecule has 7 heteroatoms. The fourth-order valence-electron chi connectivity index (χ4n) is 3.83. The molecule has 1 atom stereocenters. The van der Waals surface area contributed by atoms with E-state index in [1.54, 1.807) is 18.1 Å². The highest BCUT2D eigenvalue weighted by Crippen LogP contribution is 2.41. The van der Waals surface area contributed by atoms with Gasteiger partial charge < -0.3 is 14.4 Å². The number of nitrogens with zero attached hydrogens (tertiary/aromatic N) is 3. The number of hydrogen-bond donors (Lipinski definition) is 1. The molecule has 1 aromatic rings. The van der Waals surface area contributed by atoms with Crippen molar-refractivity contribution in [2.24, 2.45) is 5.41 Å². The number of aromatic nitrogens is 1. The molecule has 3 rings (SSSR count). The fraction of sp³-hybridized carbons (Fsp3) is 0.706. The number of carbonyl (C=O) groups excluding carboxylic acids is 1. The summed E-state index contributed by atoms with van der Waals surface area (Å²) in [6.45, 7) is 6.66. The lowest BCUT2D eigenvalue weighted by Gasteiger charge is -2.48. The average molecular weight is 335 g/mol. The lowest BCUT2D eigenvalue weighted by molar-refractivity contribution is -0.155. The van der Waals surface area contributed by atoms with Crippen molar-refractivity contribution in [3.8, 4) is 0 Å². The predicted molar refractivity (Wildman–Crippen MR) is 86.2 cm³/mol. The van der Waals surface area contributed by atoms with Crippen molar-refractivity contribution in [3.05, 3.63) is 17.8 Å². The van der Waals surface area contributed by atoms with Crippen LogP contribution in [0.2, 0.25) is 0 Å². The van der Waals surface area contributed by atoms with Gasteiger partial charge in [-0.25, -0.2) is 9.78 Å². The predicted octanol–water partition coefficient (Wildman–Crippen LogP) is 1.66. The molecule has 0 radical (unpaired) electrons. The number of carboxylic acid groups (broad SMARTS) is 1. The molecule has 2 saturated heterocycles. The molecular formula is C17H25N3O4. The molecule has 2 fully saturated rings. The summed E-state index contributed by atoms with van der Waals surface area (Å²) in [5, 5.41) is 9.23. The van der Waals surface area contributed by atoms with E-state index in [0.29, 0.717) is 18.9 Å². The summed E-state index contributed by atoms with van der Waals surface area (Å²) in [7, 11) is 0. The van der Waals surface area contributed by atoms with Gasteiger partial charge in [0.15, 0.2) is 5.89 Å². The number of aliphatic carboxylic acids is 1. The van der Waals surface area contributed by atoms with Crippen LogP contribution < -0.4 is 0 Å². The summed E-state index contributed by atoms with van der Waals surface area (Å²) in [6.07, 6.45) is 5.00. The summed E-state index contributed by atoms with van der Waals surface area (Å²) in [6, 6.07) is -0.745. The molecule has 7 nitrogen and oxygen atoms in total. The fourth-order valence-corrected chi connectivity index (χ4v) is 3.83. The Bertz CT molecular complexity index is 619. The second-order valence-corrected chi connectivity index (χ2v) is 7.17. The van der Waals surface area contributed by atoms with E-state index >= 15 is 0 Å². The molecule has 3 heterocycles. The summed E-state index contributed by atoms with van der Waals surface area (Å²) >= 11 is 0. The van der Waals surface area contributed by atoms with Gasteiger partial charge in [-0.3, -0.25) is 9.69 Å². The van der Waals surface area contributed by atoms with Crippen LogP contribution in [-0.4, -0.2) is 57.4 Å². The molecule has 2 aliphatic heterocycles. The Hall–Kier alpha value is -1.89. The smallest absolute Gasteiger partial charge is 0.326 e. The summed E-state index contributed by atoms with van der Waals surface area (Å²) in [5.74, 6) is -0.280. The Balaban J connectivity index is 1.60. The van der Waals surface area contributed by atoms with Crippen molar-refractivity contribution < 1.29 is 19.1 Å². The maximum absolute atomic E-state index is 12.1. The molecule has 0 bridgehead atoms. The van der Waals surface area contributed by atoms with Crippen LogP contribution in [0, 0.1) is 12.3 Å². The van der Waals surface area contributed by atoms with Gasteiger partial charge in [0.05, 0.1) is 5.69 Å². The molecule has 1 aromatic heterocycles. The molecule has 0 unspecified atom stereocenters. The number of carbonyl (C=O) groups is 2. The van der Waals surface area contributed by atoms with Gasteiger partial charge in [0, 0.05) is 26.4 Å². The Morgan fingerprint density at radius 1 is 1.42 bits per heavy atom. The molecule has 1 N–H and O–H groups in total. The van der Waals surface area contributed by atoms with Crippen molar-refractivity contribution in [1.82, 2.24) is 14.8 Å². The van der Waals surface area contributed by atoms with Crippen LogP contribution in [0.15, 0.2) is 10.7 Å². The van der Waals surface area contributed by atoms with E-state index in [1.807, 2.05) is 6.92 Å². The van der Waals surface area contributed by atoms with E-state index in [2.05, 4.69) is 9.88 Å². The van der Waals surface area contributed by atoms with Gasteiger partial charge in [-0.15, -0.1) is 0 Å². The lowest BCUT2D eigenvalue weighted by Crippen LogP contribution is -2.55. The SMILES string of the molecule is Cc1nc(CN2CCC3(CCC(=O)N([C@H](C)C(=O)O)C3)CC2)co1. The number of likely N-dealkylation sites (tertiary alicyclic amines) is 2. The van der Waals surface area contributed by atoms with E-state index in [0.717, 1.165) is 44.6 Å². The van der Waals surface area contributed by atoms with Crippen molar-refractivity contribution in [3.63, 3.8) is 0 Å². The van der Waals surface area contributed by atoms with Gasteiger partial charge in [0.2, 0.25) is 5.91 Å². The largest absolute Gasteiger partial charge is 0.480 e. The molecular weight excluding hydrogens is 310 g/mol. The van der Waals surface area contributed by atoms with Crippen LogP contribution in [0.1, 0.15) is 44.2 Å². The van der Waals surface area contributed by atoms with Crippen LogP contribution >= 0.6 is 0 Å². The second kappa shape index (κ2) is 6.55. The monoisotopic (exact) mass is 335 g/mol. The quantitative estimate of drug-likeness (QED) is 0.900. The molecule has 1 amide bonds. The Morgan fingerprint density at radius 2 is 2.12 bits per heavy atom. The van der Waals surface area contributed by atoms with Gasteiger partial charge in [-0.05, 0) is 44.7 Å². The number of hydrogen-bond acceptors (Lipinski definition) is 5. The third-order valence-corrected chi connectivity index (χ3v) is 5.49. The maximum Gasteiger partial charge on any atom is 0.326 e. The van der Waals surface area contributed by atoms with E-state index in [1.165, 1.54) is 0 Å². The molecule has 132 valence electrons. The molecule has 24 heavy (non-hydrogen) atoms. The lowest BCUT2D eigenvalue weighted by atomic mass is 9.72. The first kappa shape index (κ1) is 17.0. The first-order valence-corrected chi connectivity index (χ1v) is 8.54. The normalized spacial score (nSPS) is 22.8. The van der Waals surface area contributed by atoms with Gasteiger partial charge in [0.1, 0.15) is 12.3 Å². The van der Waals surface area contributed by atoms with Crippen molar-refractivity contribution in [1.29, 1.82) is 0 Å². The number of amides is 1. The maximum atomic E-state index is 12.1. The minimum absolute atomic E-state index is 0.0315. The van der Waals surface area contributed by atoms with Crippen LogP contribution in [0.4, 0.5) is 0 Å². The Morgan fingerprint density at radius 3 is 2.71 bits per heavy atom. The topological polar surface area (TPSA) is 86.9 Å². The molecule has 2 aliphatic rings. The average Bonchev–Trinajstić information content (AvgIpc) is 2.96. The highest BCUT2D eigenvalue weighted by atomic mass is 16.4. The van der Waals surface area contributed by atoms with Crippen LogP contribution in [0.25, 0.3) is 0 Å². The standard InChI is InChI=1S/C17H25N3O4/c1-12(16(22)23)20-11-17(4-3-15(20)21)5-7-19(8-6-17)9-14-10-24-13(2)18-14/h10,12H,3-9,11H2,1-2H3,(H,22,23)/t12-/m1/s1. The van der Waals surface area contributed by atoms with Crippen molar-refractivity contribution in [2.75, 3.05) is 19.6 Å². The highest BCUT2D eigenvalue weighted by molar-refractivity contribution is 5.84. The Labute approximate surface area is 141 Å². The van der Waals surface area contributed by atoms with E-state index in [-0.39, 0.29) is 11.3 Å². The van der Waals surface area contributed by atoms with Crippen molar-refractivity contribution in [2.45, 2.75) is 52.1 Å². The zero-order valence-corrected chi connectivity index (χ0v) is 14.3. The van der Waals surface area contributed by atoms with E-state index < -0.39 is 12.0 Å². The number of carboxylic acids is 1. The number of rotatable bonds is 4. The zero-order chi connectivity index (χ0) is 17.3. The summed E-state index contributed by atoms with van der Waals surface area (Å²) in [5.41, 5.74) is 1.01. The summed E-state index contributed by atoms with van der Waals surface area (Å²) in [4.78, 5) is 31.6. The first-order valence-electron chi connectivity index (χ1n) is 8.54. The number of piperidine rings is 2. The molecule has 0 aliphatic carbocycles. The minimum Gasteiger partial charge on any atom is -0.480 e. The van der Waals surface area contributed by atoms with Crippen LogP contribution in [0.5, 0.6) is 0 Å². The van der Waals surface area contributed by atoms with Crippen LogP contribution in [-0.2, 0) is 16.1 Å². The minimum atomic E-state index is -0.931. The Kier molecular flexibility index (Phi) is 4.62. The third kappa shape index (κ3) is 3.45. The first-order chi connectivity index (χ1) is 11.4. The molecule has 0 saturated carbocycles. The van der Waals surface area contributed by atoms with Gasteiger partial charge in [0.25, 0.3) is 0 Å². The number of aryl methyl sites for hydroxylation is 1. The van der Waals surface area contributed by atoms with Crippen LogP contribution in [0.3, 0.4) is 0 Å². The summed E-state index contributed by atoms with van der Waals surface area (Å²) < 4.78 is 5.25. The highest BCUT2D eigenvalue weighted by Gasteiger charge is 2.43. The van der Waals surface area contributed by atoms with Gasteiger partial charge >= 0.3 is 5.97 Å². The third-order valence-electron chi connectivity index (χ3n) is 5.49. The van der Waals surface area contributed by atoms with E-state index in [9.17, 15) is 14.7 Å². The zero-order valence-electron chi connectivity index (χ0n) is 14.3. The van der Waals surface area contributed by atoms with E-state index in [4.69, 9.17) is 4.42 Å². The second-order valence-electron chi connectivity index (χ2n) is 7.17. The van der Waals surface area contributed by atoms with Gasteiger partial charge in [-0.2, -0.15) is 0 Å². The molecule has 1 spiro atoms. The molecule has 0 aromatic carbocycles. The number of oxazole rings is 1. The van der Waals surface area contributed by atoms with Crippen molar-refractivity contribution >= 4 is 11.9 Å².